The first-order chi connectivity index (χ1) is 28.2. The number of aromatic amines is 2. The third-order valence-electron chi connectivity index (χ3n) is 10.4. The summed E-state index contributed by atoms with van der Waals surface area (Å²) in [5.41, 5.74) is 7.94. The van der Waals surface area contributed by atoms with Crippen LogP contribution in [0, 0.1) is 0 Å². The predicted molar refractivity (Wildman–Crippen MR) is 226 cm³/mol. The Balaban J connectivity index is 1.25. The topological polar surface area (TPSA) is 88.7 Å². The van der Waals surface area contributed by atoms with E-state index in [1.807, 2.05) is 133 Å². The van der Waals surface area contributed by atoms with E-state index >= 15 is 0 Å². The van der Waals surface area contributed by atoms with E-state index in [-0.39, 0.29) is 19.8 Å². The van der Waals surface area contributed by atoms with Crippen molar-refractivity contribution in [3.63, 3.8) is 0 Å². The van der Waals surface area contributed by atoms with E-state index in [2.05, 4.69) is 58.5 Å². The van der Waals surface area contributed by atoms with Crippen LogP contribution in [0.5, 0.6) is 0 Å². The van der Waals surface area contributed by atoms with Gasteiger partial charge in [0.2, 0.25) is 0 Å². The first-order valence-corrected chi connectivity index (χ1v) is 19.6. The maximum Gasteiger partial charge on any atom is 0.115 e. The van der Waals surface area contributed by atoms with E-state index in [0.29, 0.717) is 13.2 Å². The number of benzene rings is 6. The summed E-state index contributed by atoms with van der Waals surface area (Å²) in [6.07, 6.45) is -3.43. The smallest absolute Gasteiger partial charge is 0.115 e. The molecule has 57 heavy (non-hydrogen) atoms. The van der Waals surface area contributed by atoms with Gasteiger partial charge in [-0.2, -0.15) is 0 Å². The van der Waals surface area contributed by atoms with Gasteiger partial charge in [-0.15, -0.1) is 0 Å². The Labute approximate surface area is 333 Å². The molecule has 7 heteroatoms. The van der Waals surface area contributed by atoms with Gasteiger partial charge in [0.15, 0.2) is 0 Å². The molecule has 2 heterocycles. The molecule has 0 spiro atoms. The number of aromatic nitrogens is 2. The fraction of sp³-hybridized carbons (Fsp3) is 0.200. The second-order valence-electron chi connectivity index (χ2n) is 14.5. The highest BCUT2D eigenvalue weighted by Gasteiger charge is 2.43. The Kier molecular flexibility index (Phi) is 12.6. The summed E-state index contributed by atoms with van der Waals surface area (Å²) in [6.45, 7) is 1.19. The van der Waals surface area contributed by atoms with Gasteiger partial charge in [-0.3, -0.25) is 0 Å². The molecule has 0 saturated carbocycles. The van der Waals surface area contributed by atoms with E-state index in [1.165, 1.54) is 0 Å². The Morgan fingerprint density at radius 1 is 0.404 bits per heavy atom. The lowest BCUT2D eigenvalue weighted by atomic mass is 9.87. The molecule has 0 unspecified atom stereocenters. The van der Waals surface area contributed by atoms with Crippen molar-refractivity contribution in [3.8, 4) is 0 Å². The molecule has 0 amide bonds. The number of nitrogens with one attached hydrogen (secondary N) is 2. The highest BCUT2D eigenvalue weighted by molar-refractivity contribution is 5.82. The minimum Gasteiger partial charge on any atom is -0.388 e. The molecule has 3 N–H and O–H groups in total. The Morgan fingerprint density at radius 3 is 1.21 bits per heavy atom. The number of fused-ring (bicyclic) bond motifs is 2. The lowest BCUT2D eigenvalue weighted by molar-refractivity contribution is -0.190. The van der Waals surface area contributed by atoms with E-state index in [4.69, 9.17) is 18.9 Å². The fourth-order valence-corrected chi connectivity index (χ4v) is 7.50. The van der Waals surface area contributed by atoms with E-state index in [9.17, 15) is 5.11 Å². The first kappa shape index (κ1) is 38.1. The summed E-state index contributed by atoms with van der Waals surface area (Å²) in [5, 5.41) is 14.5. The zero-order valence-corrected chi connectivity index (χ0v) is 31.8. The molecule has 6 aromatic carbocycles. The van der Waals surface area contributed by atoms with Crippen molar-refractivity contribution >= 4 is 21.8 Å². The molecule has 4 atom stereocenters. The van der Waals surface area contributed by atoms with Crippen LogP contribution in [0.25, 0.3) is 21.8 Å². The van der Waals surface area contributed by atoms with E-state index < -0.39 is 30.3 Å². The summed E-state index contributed by atoms with van der Waals surface area (Å²) in [6, 6.07) is 61.2. The quantitative estimate of drug-likeness (QED) is 0.0765. The Hall–Kier alpha value is -5.80. The van der Waals surface area contributed by atoms with Crippen LogP contribution >= 0.6 is 0 Å². The minimum absolute atomic E-state index is 0.0222. The van der Waals surface area contributed by atoms with Crippen LogP contribution < -0.4 is 0 Å². The normalized spacial score (nSPS) is 13.9. The molecule has 8 aromatic rings. The van der Waals surface area contributed by atoms with Crippen LogP contribution in [0.4, 0.5) is 0 Å². The van der Waals surface area contributed by atoms with Gasteiger partial charge >= 0.3 is 0 Å². The summed E-state index contributed by atoms with van der Waals surface area (Å²) >= 11 is 0. The predicted octanol–water partition coefficient (Wildman–Crippen LogP) is 10.1. The van der Waals surface area contributed by atoms with Gasteiger partial charge in [-0.1, -0.05) is 158 Å². The number of H-pyrrole nitrogens is 2. The second kappa shape index (κ2) is 18.9. The highest BCUT2D eigenvalue weighted by atomic mass is 16.6. The molecule has 0 aliphatic carbocycles. The van der Waals surface area contributed by atoms with Crippen molar-refractivity contribution in [2.45, 2.75) is 56.8 Å². The van der Waals surface area contributed by atoms with Crippen LogP contribution in [0.1, 0.15) is 39.6 Å². The van der Waals surface area contributed by atoms with Crippen LogP contribution in [0.15, 0.2) is 182 Å². The molecule has 288 valence electrons. The van der Waals surface area contributed by atoms with Crippen molar-refractivity contribution in [1.29, 1.82) is 0 Å². The summed E-state index contributed by atoms with van der Waals surface area (Å²) in [4.78, 5) is 7.48. The zero-order valence-electron chi connectivity index (χ0n) is 31.8. The zero-order chi connectivity index (χ0) is 38.7. The van der Waals surface area contributed by atoms with Crippen LogP contribution in [-0.4, -0.2) is 46.1 Å². The third-order valence-corrected chi connectivity index (χ3v) is 10.4. The van der Waals surface area contributed by atoms with Crippen molar-refractivity contribution in [3.05, 3.63) is 216 Å². The number of rotatable bonds is 19. The molecule has 7 nitrogen and oxygen atoms in total. The number of ether oxygens (including phenoxy) is 4. The first-order valence-electron chi connectivity index (χ1n) is 19.6. The van der Waals surface area contributed by atoms with Crippen molar-refractivity contribution in [2.24, 2.45) is 0 Å². The summed E-state index contributed by atoms with van der Waals surface area (Å²) in [7, 11) is 0. The molecule has 0 bridgehead atoms. The SMILES string of the molecule is O[C@H](COCc1ccccc1)[C@@H](OCc1ccccc1)[C@@H](OCc1ccccc1)[C@H](OCc1ccccc1)C(c1cc2ccccc2[nH]1)c1cc2ccccc2[nH]1. The van der Waals surface area contributed by atoms with Crippen LogP contribution in [0.3, 0.4) is 0 Å². The van der Waals surface area contributed by atoms with Gasteiger partial charge in [0.1, 0.15) is 24.4 Å². The van der Waals surface area contributed by atoms with E-state index in [0.717, 1.165) is 55.4 Å². The van der Waals surface area contributed by atoms with Gasteiger partial charge < -0.3 is 34.0 Å². The second-order valence-corrected chi connectivity index (χ2v) is 14.5. The maximum atomic E-state index is 12.3. The lowest BCUT2D eigenvalue weighted by Crippen LogP contribution is -2.52. The average Bonchev–Trinajstić information content (AvgIpc) is 3.89. The Morgan fingerprint density at radius 2 is 0.772 bits per heavy atom. The molecular weight excluding hydrogens is 709 g/mol. The van der Waals surface area contributed by atoms with Gasteiger partial charge in [0.05, 0.1) is 39.0 Å². The molecule has 0 radical (unpaired) electrons. The Bertz CT molecular complexity index is 2260. The van der Waals surface area contributed by atoms with Gasteiger partial charge in [-0.05, 0) is 57.3 Å². The van der Waals surface area contributed by atoms with Gasteiger partial charge in [-0.25, -0.2) is 0 Å². The van der Waals surface area contributed by atoms with Crippen LogP contribution in [-0.2, 0) is 45.4 Å². The lowest BCUT2D eigenvalue weighted by Gasteiger charge is -2.39. The molecule has 2 aromatic heterocycles. The van der Waals surface area contributed by atoms with Crippen molar-refractivity contribution in [1.82, 2.24) is 9.97 Å². The summed E-state index contributed by atoms with van der Waals surface area (Å²) < 4.78 is 27.4. The standard InChI is InChI=1S/C50H48N2O5/c53-46(35-54-31-36-17-5-1-6-18-36)48(55-32-37-19-7-2-8-20-37)50(57-34-39-23-11-4-12-24-39)49(56-33-38-21-9-3-10-22-38)47(44-29-40-25-13-15-27-42(40)51-44)45-30-41-26-14-16-28-43(41)52-45/h1-30,46-53H,31-35H2/t46-,48-,49-,50-/m1/s1. The highest BCUT2D eigenvalue weighted by Crippen LogP contribution is 2.38. The molecule has 0 fully saturated rings. The number of hydrogen-bond donors (Lipinski definition) is 3. The monoisotopic (exact) mass is 756 g/mol. The number of aliphatic hydroxyl groups is 1. The summed E-state index contributed by atoms with van der Waals surface area (Å²) in [5.74, 6) is -0.408. The molecule has 8 rings (SSSR count). The van der Waals surface area contributed by atoms with Crippen molar-refractivity contribution < 1.29 is 24.1 Å². The van der Waals surface area contributed by atoms with Crippen LogP contribution in [0.2, 0.25) is 0 Å². The number of aliphatic hydroxyl groups excluding tert-OH is 1. The van der Waals surface area contributed by atoms with Crippen molar-refractivity contribution in [2.75, 3.05) is 6.61 Å². The molecule has 0 aliphatic rings. The molecule has 0 saturated heterocycles. The maximum absolute atomic E-state index is 12.3. The van der Waals surface area contributed by atoms with Gasteiger partial charge in [0, 0.05) is 22.4 Å². The average molecular weight is 757 g/mol. The molecular formula is C50H48N2O5. The van der Waals surface area contributed by atoms with E-state index in [1.54, 1.807) is 0 Å². The minimum atomic E-state index is -1.08. The van der Waals surface area contributed by atoms with Gasteiger partial charge in [0.25, 0.3) is 0 Å². The fourth-order valence-electron chi connectivity index (χ4n) is 7.50. The number of para-hydroxylation sites is 2. The molecule has 0 aliphatic heterocycles. The largest absolute Gasteiger partial charge is 0.388 e. The third kappa shape index (κ3) is 9.78. The number of hydrogen-bond acceptors (Lipinski definition) is 5.